The number of thiocarbonyl (C=S) groups is 1. The van der Waals surface area contributed by atoms with E-state index in [0.29, 0.717) is 16.8 Å². The summed E-state index contributed by atoms with van der Waals surface area (Å²) >= 11 is 5.53. The molecule has 6 heteroatoms. The molecule has 0 saturated carbocycles. The summed E-state index contributed by atoms with van der Waals surface area (Å²) in [6, 6.07) is 18.3. The Bertz CT molecular complexity index is 973. The van der Waals surface area contributed by atoms with E-state index >= 15 is 0 Å². The number of pyridine rings is 1. The third-order valence-electron chi connectivity index (χ3n) is 3.89. The van der Waals surface area contributed by atoms with Crippen LogP contribution in [0.2, 0.25) is 0 Å². The van der Waals surface area contributed by atoms with E-state index < -0.39 is 5.82 Å². The summed E-state index contributed by atoms with van der Waals surface area (Å²) in [5.41, 5.74) is 2.16. The molecule has 0 saturated heterocycles. The minimum absolute atomic E-state index is 0.108. The Morgan fingerprint density at radius 1 is 1.00 bits per heavy atom. The second-order valence-electron chi connectivity index (χ2n) is 5.80. The summed E-state index contributed by atoms with van der Waals surface area (Å²) in [5, 5.41) is 23.4. The molecule has 3 N–H and O–H groups in total. The van der Waals surface area contributed by atoms with Gasteiger partial charge in [0.15, 0.2) is 23.1 Å². The van der Waals surface area contributed by atoms with Crippen LogP contribution in [0, 0.1) is 5.82 Å². The van der Waals surface area contributed by atoms with Crippen LogP contribution in [0.15, 0.2) is 79.1 Å². The van der Waals surface area contributed by atoms with Crippen LogP contribution in [0.4, 0.5) is 10.1 Å². The second-order valence-corrected chi connectivity index (χ2v) is 6.21. The van der Waals surface area contributed by atoms with Crippen LogP contribution in [0.25, 0.3) is 11.5 Å². The molecular weight excluding hydrogens is 363 g/mol. The number of hydrogen-bond donors (Lipinski definition) is 3. The van der Waals surface area contributed by atoms with Gasteiger partial charge in [-0.3, -0.25) is 0 Å². The van der Waals surface area contributed by atoms with Crippen molar-refractivity contribution in [3.63, 3.8) is 0 Å². The predicted octanol–water partition coefficient (Wildman–Crippen LogP) is 3.93. The molecule has 0 radical (unpaired) electrons. The smallest absolute Gasteiger partial charge is 0.288 e. The van der Waals surface area contributed by atoms with E-state index in [-0.39, 0.29) is 17.4 Å². The first-order valence-electron chi connectivity index (χ1n) is 8.25. The molecule has 0 aliphatic heterocycles. The quantitative estimate of drug-likeness (QED) is 0.271. The van der Waals surface area contributed by atoms with E-state index in [1.807, 2.05) is 30.3 Å². The molecule has 136 valence electrons. The summed E-state index contributed by atoms with van der Waals surface area (Å²) in [7, 11) is 0. The lowest BCUT2D eigenvalue weighted by molar-refractivity contribution is -0.576. The van der Waals surface area contributed by atoms with E-state index in [1.54, 1.807) is 29.1 Å². The number of aromatic nitrogens is 1. The van der Waals surface area contributed by atoms with Crippen molar-refractivity contribution < 1.29 is 19.2 Å². The highest BCUT2D eigenvalue weighted by Crippen LogP contribution is 2.19. The molecule has 3 rings (SSSR count). The van der Waals surface area contributed by atoms with Gasteiger partial charge >= 0.3 is 0 Å². The maximum absolute atomic E-state index is 13.3. The van der Waals surface area contributed by atoms with E-state index in [4.69, 9.17) is 12.2 Å². The van der Waals surface area contributed by atoms with E-state index in [9.17, 15) is 14.6 Å². The minimum atomic E-state index is -0.395. The number of nitrogens with zero attached hydrogens (tertiary/aromatic N) is 1. The molecule has 0 aliphatic carbocycles. The number of aliphatic hydroxyl groups excluding tert-OH is 2. The number of rotatable bonds is 5. The number of hydrogen-bond acceptors (Lipinski definition) is 3. The largest absolute Gasteiger partial charge is 0.502 e. The van der Waals surface area contributed by atoms with Gasteiger partial charge in [0.1, 0.15) is 5.82 Å². The molecule has 0 atom stereocenters. The van der Waals surface area contributed by atoms with Crippen molar-refractivity contribution in [2.45, 2.75) is 6.61 Å². The van der Waals surface area contributed by atoms with Gasteiger partial charge in [-0.15, -0.1) is 0 Å². The van der Waals surface area contributed by atoms with Crippen molar-refractivity contribution in [1.82, 2.24) is 0 Å². The Labute approximate surface area is 161 Å². The molecule has 0 spiro atoms. The first-order valence-corrected chi connectivity index (χ1v) is 8.66. The summed E-state index contributed by atoms with van der Waals surface area (Å²) in [4.78, 5) is 0.281. The Morgan fingerprint density at radius 2 is 1.70 bits per heavy atom. The van der Waals surface area contributed by atoms with Crippen LogP contribution in [-0.4, -0.2) is 15.2 Å². The molecule has 0 amide bonds. The number of halogens is 1. The molecule has 2 aromatic carbocycles. The molecule has 3 aromatic rings. The lowest BCUT2D eigenvalue weighted by atomic mass is 10.1. The number of anilines is 1. The highest BCUT2D eigenvalue weighted by Gasteiger charge is 2.24. The Kier molecular flexibility index (Phi) is 5.90. The zero-order valence-electron chi connectivity index (χ0n) is 14.3. The molecule has 4 nitrogen and oxygen atoms in total. The summed E-state index contributed by atoms with van der Waals surface area (Å²) in [5.74, 6) is -0.503. The van der Waals surface area contributed by atoms with E-state index in [1.165, 1.54) is 24.3 Å². The lowest BCUT2D eigenvalue weighted by Crippen LogP contribution is -2.39. The van der Waals surface area contributed by atoms with Crippen LogP contribution in [-0.2, 0) is 6.61 Å². The molecular formula is C21H18FN2O2S+. The number of nitrogens with one attached hydrogen (secondary N) is 1. The van der Waals surface area contributed by atoms with Crippen molar-refractivity contribution >= 4 is 34.3 Å². The summed E-state index contributed by atoms with van der Waals surface area (Å²) in [6.07, 6.45) is 3.39. The first kappa shape index (κ1) is 18.7. The number of aliphatic hydroxyl groups is 2. The maximum atomic E-state index is 13.3. The van der Waals surface area contributed by atoms with Crippen LogP contribution >= 0.6 is 12.2 Å². The monoisotopic (exact) mass is 381 g/mol. The highest BCUT2D eigenvalue weighted by atomic mass is 32.1. The number of benzene rings is 2. The van der Waals surface area contributed by atoms with Crippen LogP contribution in [0.5, 0.6) is 0 Å². The fourth-order valence-corrected chi connectivity index (χ4v) is 2.88. The molecule has 0 aliphatic rings. The van der Waals surface area contributed by atoms with Crippen molar-refractivity contribution in [1.29, 1.82) is 0 Å². The third-order valence-corrected chi connectivity index (χ3v) is 4.19. The average molecular weight is 381 g/mol. The zero-order valence-corrected chi connectivity index (χ0v) is 15.2. The third kappa shape index (κ3) is 4.55. The van der Waals surface area contributed by atoms with Gasteiger partial charge in [-0.2, -0.15) is 4.57 Å². The van der Waals surface area contributed by atoms with Gasteiger partial charge in [-0.25, -0.2) is 4.39 Å². The Hall–Kier alpha value is -3.09. The second kappa shape index (κ2) is 8.53. The van der Waals surface area contributed by atoms with Gasteiger partial charge in [-0.05, 0) is 42.5 Å². The molecule has 0 bridgehead atoms. The first-order chi connectivity index (χ1) is 13.1. The van der Waals surface area contributed by atoms with Crippen LogP contribution in [0.3, 0.4) is 0 Å². The topological polar surface area (TPSA) is 56.4 Å². The van der Waals surface area contributed by atoms with Crippen molar-refractivity contribution in [3.8, 4) is 0 Å². The molecule has 1 heterocycles. The molecule has 0 unspecified atom stereocenters. The SMILES string of the molecule is OCc1ccc[n+](C(C(=S)Nc2ccccc2)=C(O)c2ccc(F)cc2)c1. The zero-order chi connectivity index (χ0) is 19.2. The Balaban J connectivity index is 2.09. The Morgan fingerprint density at radius 3 is 2.37 bits per heavy atom. The average Bonchev–Trinajstić information content (AvgIpc) is 2.69. The standard InChI is InChI=1S/C21H17FN2O2S/c22-17-10-8-16(9-11-17)20(26)19(24-12-4-5-15(13-24)14-25)21(27)23-18-6-2-1-3-7-18/h1-13,25H,14H2,(H-,23,26,27)/p+1. The van der Waals surface area contributed by atoms with Gasteiger partial charge in [0.25, 0.3) is 5.70 Å². The van der Waals surface area contributed by atoms with Crippen molar-refractivity contribution in [2.24, 2.45) is 0 Å². The molecule has 27 heavy (non-hydrogen) atoms. The van der Waals surface area contributed by atoms with Gasteiger partial charge < -0.3 is 15.5 Å². The van der Waals surface area contributed by atoms with Gasteiger partial charge in [0, 0.05) is 22.9 Å². The molecule has 0 fully saturated rings. The van der Waals surface area contributed by atoms with Crippen LogP contribution < -0.4 is 9.88 Å². The van der Waals surface area contributed by atoms with Gasteiger partial charge in [0.05, 0.1) is 6.61 Å². The van der Waals surface area contributed by atoms with Crippen LogP contribution in [0.1, 0.15) is 11.1 Å². The number of para-hydroxylation sites is 1. The summed E-state index contributed by atoms with van der Waals surface area (Å²) in [6.45, 7) is -0.149. The highest BCUT2D eigenvalue weighted by molar-refractivity contribution is 7.81. The predicted molar refractivity (Wildman–Crippen MR) is 107 cm³/mol. The van der Waals surface area contributed by atoms with Crippen molar-refractivity contribution in [2.75, 3.05) is 5.32 Å². The minimum Gasteiger partial charge on any atom is -0.502 e. The van der Waals surface area contributed by atoms with Gasteiger partial charge in [-0.1, -0.05) is 30.4 Å². The van der Waals surface area contributed by atoms with E-state index in [2.05, 4.69) is 5.32 Å². The maximum Gasteiger partial charge on any atom is 0.288 e. The summed E-state index contributed by atoms with van der Waals surface area (Å²) < 4.78 is 14.9. The fourth-order valence-electron chi connectivity index (χ4n) is 2.56. The van der Waals surface area contributed by atoms with E-state index in [0.717, 1.165) is 5.69 Å². The fraction of sp³-hybridized carbons (Fsp3) is 0.0476. The normalized spacial score (nSPS) is 11.6. The molecule has 1 aromatic heterocycles. The van der Waals surface area contributed by atoms with Crippen molar-refractivity contribution in [3.05, 3.63) is 96.1 Å². The lowest BCUT2D eigenvalue weighted by Gasteiger charge is -2.10. The van der Waals surface area contributed by atoms with Gasteiger partial charge in [0.2, 0.25) is 0 Å².